The summed E-state index contributed by atoms with van der Waals surface area (Å²) in [5.74, 6) is -0.388. The zero-order valence-corrected chi connectivity index (χ0v) is 12.0. The van der Waals surface area contributed by atoms with E-state index >= 15 is 0 Å². The van der Waals surface area contributed by atoms with E-state index in [0.29, 0.717) is 12.6 Å². The minimum Gasteiger partial charge on any atom is -0.389 e. The Labute approximate surface area is 118 Å². The number of nitrogens with one attached hydrogen (secondary N) is 1. The maximum Gasteiger partial charge on any atom is 0.141 e. The Balaban J connectivity index is 1.92. The van der Waals surface area contributed by atoms with Crippen molar-refractivity contribution < 1.29 is 9.50 Å². The molecule has 1 aromatic carbocycles. The van der Waals surface area contributed by atoms with Crippen molar-refractivity contribution >= 4 is 17.3 Å². The van der Waals surface area contributed by atoms with Crippen molar-refractivity contribution in [1.82, 2.24) is 5.32 Å². The van der Waals surface area contributed by atoms with Crippen molar-refractivity contribution in [1.29, 1.82) is 0 Å². The van der Waals surface area contributed by atoms with E-state index in [1.807, 2.05) is 0 Å². The van der Waals surface area contributed by atoms with Gasteiger partial charge in [-0.2, -0.15) is 0 Å². The molecule has 0 saturated carbocycles. The molecule has 1 aliphatic heterocycles. The molecule has 1 atom stereocenters. The van der Waals surface area contributed by atoms with E-state index in [4.69, 9.17) is 11.6 Å². The second-order valence-corrected chi connectivity index (χ2v) is 6.13. The predicted molar refractivity (Wildman–Crippen MR) is 76.3 cm³/mol. The summed E-state index contributed by atoms with van der Waals surface area (Å²) in [6.07, 6.45) is 1.01. The third kappa shape index (κ3) is 4.06. The molecule has 1 heterocycles. The van der Waals surface area contributed by atoms with Crippen LogP contribution in [0.2, 0.25) is 5.02 Å². The average molecular weight is 287 g/mol. The lowest BCUT2D eigenvalue weighted by Gasteiger charge is -2.22. The minimum atomic E-state index is -0.702. The highest BCUT2D eigenvalue weighted by Crippen LogP contribution is 2.25. The molecule has 1 aliphatic rings. The molecular weight excluding hydrogens is 267 g/mol. The highest BCUT2D eigenvalue weighted by molar-refractivity contribution is 6.31. The number of aliphatic hydroxyl groups is 1. The van der Waals surface area contributed by atoms with Crippen molar-refractivity contribution in [2.45, 2.75) is 31.9 Å². The summed E-state index contributed by atoms with van der Waals surface area (Å²) in [6, 6.07) is 5.15. The molecule has 1 unspecified atom stereocenters. The van der Waals surface area contributed by atoms with Gasteiger partial charge >= 0.3 is 0 Å². The van der Waals surface area contributed by atoms with E-state index in [1.54, 1.807) is 26.0 Å². The second kappa shape index (κ2) is 5.65. The summed E-state index contributed by atoms with van der Waals surface area (Å²) >= 11 is 5.80. The van der Waals surface area contributed by atoms with Crippen LogP contribution in [0.15, 0.2) is 18.2 Å². The van der Waals surface area contributed by atoms with E-state index in [1.165, 1.54) is 6.07 Å². The first-order valence-electron chi connectivity index (χ1n) is 6.51. The largest absolute Gasteiger partial charge is 0.389 e. The quantitative estimate of drug-likeness (QED) is 0.892. The Bertz CT molecular complexity index is 448. The predicted octanol–water partition coefficient (Wildman–Crippen LogP) is 2.42. The van der Waals surface area contributed by atoms with Gasteiger partial charge in [0.2, 0.25) is 0 Å². The molecule has 19 heavy (non-hydrogen) atoms. The topological polar surface area (TPSA) is 35.5 Å². The highest BCUT2D eigenvalue weighted by atomic mass is 35.5. The van der Waals surface area contributed by atoms with Crippen LogP contribution >= 0.6 is 11.6 Å². The number of rotatable bonds is 4. The maximum absolute atomic E-state index is 13.1. The van der Waals surface area contributed by atoms with Gasteiger partial charge in [0, 0.05) is 31.4 Å². The Morgan fingerprint density at radius 1 is 1.53 bits per heavy atom. The molecule has 106 valence electrons. The van der Waals surface area contributed by atoms with Crippen molar-refractivity contribution in [2.24, 2.45) is 0 Å². The normalized spacial score (nSPS) is 20.1. The summed E-state index contributed by atoms with van der Waals surface area (Å²) in [7, 11) is 0. The number of benzene rings is 1. The zero-order valence-electron chi connectivity index (χ0n) is 11.3. The first kappa shape index (κ1) is 14.6. The van der Waals surface area contributed by atoms with Gasteiger partial charge in [0.25, 0.3) is 0 Å². The van der Waals surface area contributed by atoms with Gasteiger partial charge in [0.05, 0.1) is 10.6 Å². The van der Waals surface area contributed by atoms with E-state index in [-0.39, 0.29) is 10.8 Å². The van der Waals surface area contributed by atoms with Crippen LogP contribution in [0.1, 0.15) is 20.3 Å². The molecule has 0 aliphatic carbocycles. The molecule has 2 N–H and O–H groups in total. The van der Waals surface area contributed by atoms with Gasteiger partial charge in [-0.25, -0.2) is 4.39 Å². The monoisotopic (exact) mass is 286 g/mol. The SMILES string of the molecule is CC(C)(O)CNC1CCN(c2ccc(F)c(Cl)c2)C1. The van der Waals surface area contributed by atoms with Gasteiger partial charge in [-0.3, -0.25) is 0 Å². The van der Waals surface area contributed by atoms with Gasteiger partial charge in [-0.05, 0) is 38.5 Å². The summed E-state index contributed by atoms with van der Waals surface area (Å²) < 4.78 is 13.1. The van der Waals surface area contributed by atoms with Crippen LogP contribution in [-0.4, -0.2) is 36.4 Å². The number of halogens is 2. The molecule has 3 nitrogen and oxygen atoms in total. The Morgan fingerprint density at radius 3 is 2.89 bits per heavy atom. The van der Waals surface area contributed by atoms with Crippen LogP contribution in [0.25, 0.3) is 0 Å². The van der Waals surface area contributed by atoms with Gasteiger partial charge in [0.15, 0.2) is 0 Å². The van der Waals surface area contributed by atoms with Crippen molar-refractivity contribution in [3.05, 3.63) is 29.0 Å². The smallest absolute Gasteiger partial charge is 0.141 e. The Kier molecular flexibility index (Phi) is 4.33. The Morgan fingerprint density at radius 2 is 2.26 bits per heavy atom. The van der Waals surface area contributed by atoms with Gasteiger partial charge in [-0.15, -0.1) is 0 Å². The van der Waals surface area contributed by atoms with Crippen LogP contribution in [-0.2, 0) is 0 Å². The average Bonchev–Trinajstić information content (AvgIpc) is 2.78. The Hall–Kier alpha value is -0.840. The van der Waals surface area contributed by atoms with E-state index in [2.05, 4.69) is 10.2 Å². The number of hydrogen-bond donors (Lipinski definition) is 2. The van der Waals surface area contributed by atoms with Crippen LogP contribution in [0.4, 0.5) is 10.1 Å². The first-order valence-corrected chi connectivity index (χ1v) is 6.89. The molecule has 1 fully saturated rings. The third-order valence-corrected chi connectivity index (χ3v) is 3.57. The second-order valence-electron chi connectivity index (χ2n) is 5.72. The highest BCUT2D eigenvalue weighted by Gasteiger charge is 2.24. The number of nitrogens with zero attached hydrogens (tertiary/aromatic N) is 1. The minimum absolute atomic E-state index is 0.158. The lowest BCUT2D eigenvalue weighted by Crippen LogP contribution is -2.41. The number of anilines is 1. The van der Waals surface area contributed by atoms with Gasteiger partial charge in [0.1, 0.15) is 5.82 Å². The van der Waals surface area contributed by atoms with Gasteiger partial charge < -0.3 is 15.3 Å². The molecule has 0 spiro atoms. The molecule has 0 bridgehead atoms. The van der Waals surface area contributed by atoms with Crippen molar-refractivity contribution in [3.63, 3.8) is 0 Å². The molecule has 1 saturated heterocycles. The van der Waals surface area contributed by atoms with E-state index < -0.39 is 5.60 Å². The summed E-state index contributed by atoms with van der Waals surface area (Å²) in [4.78, 5) is 2.17. The fraction of sp³-hybridized carbons (Fsp3) is 0.571. The fourth-order valence-electron chi connectivity index (χ4n) is 2.24. The molecule has 2 rings (SSSR count). The summed E-state index contributed by atoms with van der Waals surface area (Å²) in [5, 5.41) is 13.2. The number of hydrogen-bond acceptors (Lipinski definition) is 3. The molecule has 0 radical (unpaired) electrons. The molecule has 1 aromatic rings. The lowest BCUT2D eigenvalue weighted by molar-refractivity contribution is 0.0771. The third-order valence-electron chi connectivity index (χ3n) is 3.28. The first-order chi connectivity index (χ1) is 8.85. The van der Waals surface area contributed by atoms with Crippen LogP contribution in [0.5, 0.6) is 0 Å². The fourth-order valence-corrected chi connectivity index (χ4v) is 2.41. The zero-order chi connectivity index (χ0) is 14.0. The van der Waals surface area contributed by atoms with Crippen LogP contribution < -0.4 is 10.2 Å². The molecular formula is C14H20ClFN2O. The van der Waals surface area contributed by atoms with E-state index in [0.717, 1.165) is 25.2 Å². The van der Waals surface area contributed by atoms with Crippen molar-refractivity contribution in [2.75, 3.05) is 24.5 Å². The van der Waals surface area contributed by atoms with Gasteiger partial charge in [-0.1, -0.05) is 11.6 Å². The maximum atomic E-state index is 13.1. The summed E-state index contributed by atoms with van der Waals surface area (Å²) in [6.45, 7) is 5.89. The standard InChI is InChI=1S/C14H20ClFN2O/c1-14(2,19)9-17-10-5-6-18(8-10)11-3-4-13(16)12(15)7-11/h3-4,7,10,17,19H,5-6,8-9H2,1-2H3. The molecule has 0 aromatic heterocycles. The lowest BCUT2D eigenvalue weighted by atomic mass is 10.1. The summed E-state index contributed by atoms with van der Waals surface area (Å²) in [5.41, 5.74) is 0.242. The van der Waals surface area contributed by atoms with Crippen LogP contribution in [0.3, 0.4) is 0 Å². The molecule has 0 amide bonds. The van der Waals surface area contributed by atoms with Crippen LogP contribution in [0, 0.1) is 5.82 Å². The van der Waals surface area contributed by atoms with E-state index in [9.17, 15) is 9.50 Å². The molecule has 5 heteroatoms. The van der Waals surface area contributed by atoms with Crippen molar-refractivity contribution in [3.8, 4) is 0 Å².